The highest BCUT2D eigenvalue weighted by Crippen LogP contribution is 2.54. The highest BCUT2D eigenvalue weighted by molar-refractivity contribution is 6.08. The number of benzene rings is 8. The Morgan fingerprint density at radius 2 is 1.02 bits per heavy atom. The second kappa shape index (κ2) is 11.1. The molecule has 228 valence electrons. The molecular weight excluding hydrogens is 579 g/mol. The number of nitrogens with zero attached hydrogens (tertiary/aromatic N) is 1. The van der Waals surface area contributed by atoms with Crippen LogP contribution in [0.2, 0.25) is 0 Å². The molecule has 0 amide bonds. The lowest BCUT2D eigenvalue weighted by Crippen LogP contribution is -2.17. The first-order valence-corrected chi connectivity index (χ1v) is 16.8. The van der Waals surface area contributed by atoms with Gasteiger partial charge in [-0.3, -0.25) is 0 Å². The van der Waals surface area contributed by atoms with E-state index < -0.39 is 0 Å². The molecule has 0 aromatic heterocycles. The number of fused-ring (bicyclic) bond motifs is 5. The quantitative estimate of drug-likeness (QED) is 0.187. The van der Waals surface area contributed by atoms with Gasteiger partial charge < -0.3 is 4.90 Å². The summed E-state index contributed by atoms with van der Waals surface area (Å²) in [6.45, 7) is 4.76. The van der Waals surface area contributed by atoms with Gasteiger partial charge in [-0.2, -0.15) is 0 Å². The maximum absolute atomic E-state index is 2.49. The second-order valence-corrected chi connectivity index (χ2v) is 13.3. The Labute approximate surface area is 282 Å². The molecule has 0 atom stereocenters. The van der Waals surface area contributed by atoms with Gasteiger partial charge in [0.05, 0.1) is 11.4 Å². The van der Waals surface area contributed by atoms with Crippen molar-refractivity contribution >= 4 is 38.6 Å². The van der Waals surface area contributed by atoms with E-state index in [9.17, 15) is 0 Å². The van der Waals surface area contributed by atoms with Gasteiger partial charge in [0.25, 0.3) is 0 Å². The molecule has 9 rings (SSSR count). The van der Waals surface area contributed by atoms with E-state index in [1.807, 2.05) is 0 Å². The van der Waals surface area contributed by atoms with E-state index in [-0.39, 0.29) is 5.41 Å². The monoisotopic (exact) mass is 613 g/mol. The molecule has 0 heterocycles. The van der Waals surface area contributed by atoms with Crippen molar-refractivity contribution in [2.24, 2.45) is 0 Å². The van der Waals surface area contributed by atoms with Crippen LogP contribution in [0, 0.1) is 0 Å². The minimum atomic E-state index is -0.165. The Hall–Kier alpha value is -5.92. The van der Waals surface area contributed by atoms with Crippen molar-refractivity contribution in [3.63, 3.8) is 0 Å². The van der Waals surface area contributed by atoms with Crippen molar-refractivity contribution in [3.8, 4) is 33.4 Å². The first-order chi connectivity index (χ1) is 23.6. The predicted octanol–water partition coefficient (Wildman–Crippen LogP) is 13.1. The van der Waals surface area contributed by atoms with Crippen LogP contribution in [0.4, 0.5) is 17.1 Å². The van der Waals surface area contributed by atoms with E-state index in [1.54, 1.807) is 0 Å². The Kier molecular flexibility index (Phi) is 6.55. The van der Waals surface area contributed by atoms with E-state index in [1.165, 1.54) is 71.7 Å². The predicted molar refractivity (Wildman–Crippen MR) is 205 cm³/mol. The molecule has 0 saturated carbocycles. The Balaban J connectivity index is 1.33. The number of anilines is 3. The van der Waals surface area contributed by atoms with E-state index in [2.05, 4.69) is 195 Å². The van der Waals surface area contributed by atoms with E-state index >= 15 is 0 Å². The molecule has 1 heteroatoms. The fraction of sp³-hybridized carbons (Fsp3) is 0.0638. The maximum atomic E-state index is 2.49. The summed E-state index contributed by atoms with van der Waals surface area (Å²) in [6, 6.07) is 64.4. The van der Waals surface area contributed by atoms with E-state index in [4.69, 9.17) is 0 Å². The number of hydrogen-bond acceptors (Lipinski definition) is 1. The van der Waals surface area contributed by atoms with Crippen molar-refractivity contribution in [3.05, 3.63) is 187 Å². The third-order valence-corrected chi connectivity index (χ3v) is 10.2. The van der Waals surface area contributed by atoms with Gasteiger partial charge in [0.2, 0.25) is 0 Å². The maximum Gasteiger partial charge on any atom is 0.0546 e. The first kappa shape index (κ1) is 28.3. The fourth-order valence-corrected chi connectivity index (χ4v) is 7.94. The van der Waals surface area contributed by atoms with Gasteiger partial charge in [-0.25, -0.2) is 0 Å². The van der Waals surface area contributed by atoms with Crippen LogP contribution >= 0.6 is 0 Å². The van der Waals surface area contributed by atoms with Gasteiger partial charge in [0, 0.05) is 22.1 Å². The van der Waals surface area contributed by atoms with Crippen LogP contribution in [-0.4, -0.2) is 0 Å². The van der Waals surface area contributed by atoms with Gasteiger partial charge in [-0.05, 0) is 79.4 Å². The summed E-state index contributed by atoms with van der Waals surface area (Å²) in [5, 5.41) is 4.93. The summed E-state index contributed by atoms with van der Waals surface area (Å²) in [6.07, 6.45) is 0. The number of rotatable bonds is 5. The number of hydrogen-bond donors (Lipinski definition) is 0. The third-order valence-electron chi connectivity index (χ3n) is 10.2. The highest BCUT2D eigenvalue weighted by Gasteiger charge is 2.37. The van der Waals surface area contributed by atoms with Gasteiger partial charge in [-0.15, -0.1) is 0 Å². The molecule has 0 unspecified atom stereocenters. The van der Waals surface area contributed by atoms with Crippen molar-refractivity contribution in [1.29, 1.82) is 0 Å². The van der Waals surface area contributed by atoms with Crippen molar-refractivity contribution in [2.75, 3.05) is 4.90 Å². The second-order valence-electron chi connectivity index (χ2n) is 13.3. The van der Waals surface area contributed by atoms with Crippen LogP contribution in [0.25, 0.3) is 54.9 Å². The van der Waals surface area contributed by atoms with Crippen molar-refractivity contribution in [2.45, 2.75) is 19.3 Å². The smallest absolute Gasteiger partial charge is 0.0546 e. The molecule has 0 saturated heterocycles. The van der Waals surface area contributed by atoms with Crippen LogP contribution in [0.5, 0.6) is 0 Å². The van der Waals surface area contributed by atoms with Crippen LogP contribution in [0.3, 0.4) is 0 Å². The first-order valence-electron chi connectivity index (χ1n) is 16.8. The summed E-state index contributed by atoms with van der Waals surface area (Å²) in [7, 11) is 0. The van der Waals surface area contributed by atoms with E-state index in [0.717, 1.165) is 11.4 Å². The lowest BCUT2D eigenvalue weighted by atomic mass is 9.81. The van der Waals surface area contributed by atoms with Gasteiger partial charge in [0.1, 0.15) is 0 Å². The average Bonchev–Trinajstić information content (AvgIpc) is 3.38. The zero-order valence-corrected chi connectivity index (χ0v) is 27.2. The zero-order valence-electron chi connectivity index (χ0n) is 27.2. The van der Waals surface area contributed by atoms with Crippen LogP contribution in [0.15, 0.2) is 176 Å². The SMILES string of the molecule is CC1(C)c2cc(N(c3ccc4ccccc4c3-c3ccccc3)c3cccc4ccccc34)ccc2-c2c(-c3ccccc3)cccc21. The van der Waals surface area contributed by atoms with Gasteiger partial charge in [0.15, 0.2) is 0 Å². The zero-order chi connectivity index (χ0) is 32.2. The lowest BCUT2D eigenvalue weighted by molar-refractivity contribution is 0.660. The van der Waals surface area contributed by atoms with Crippen LogP contribution in [0.1, 0.15) is 25.0 Å². The largest absolute Gasteiger partial charge is 0.309 e. The summed E-state index contributed by atoms with van der Waals surface area (Å²) < 4.78 is 0. The van der Waals surface area contributed by atoms with Crippen molar-refractivity contribution in [1.82, 2.24) is 0 Å². The third kappa shape index (κ3) is 4.39. The molecule has 0 radical (unpaired) electrons. The molecule has 8 aromatic rings. The topological polar surface area (TPSA) is 3.24 Å². The molecule has 1 nitrogen and oxygen atoms in total. The standard InChI is InChI=1S/C47H35N/c1-47(2)41-25-14-24-39(33-15-5-3-6-16-33)46(41)40-29-28-36(31-42(40)47)48(43-26-13-21-32-17-9-11-22-37(32)43)44-30-27-34-18-10-12-23-38(34)45(44)35-19-7-4-8-20-35/h3-31H,1-2H3. The molecule has 8 aromatic carbocycles. The Morgan fingerprint density at radius 1 is 0.396 bits per heavy atom. The highest BCUT2D eigenvalue weighted by atomic mass is 15.1. The molecule has 0 spiro atoms. The van der Waals surface area contributed by atoms with E-state index in [0.29, 0.717) is 0 Å². The summed E-state index contributed by atoms with van der Waals surface area (Å²) in [4.78, 5) is 2.49. The Morgan fingerprint density at radius 3 is 1.79 bits per heavy atom. The lowest BCUT2D eigenvalue weighted by Gasteiger charge is -2.31. The summed E-state index contributed by atoms with van der Waals surface area (Å²) >= 11 is 0. The minimum absolute atomic E-state index is 0.165. The van der Waals surface area contributed by atoms with Gasteiger partial charge >= 0.3 is 0 Å². The normalized spacial score (nSPS) is 13.0. The summed E-state index contributed by atoms with van der Waals surface area (Å²) in [5.41, 5.74) is 13.7. The Bertz CT molecular complexity index is 2470. The molecule has 0 aliphatic heterocycles. The van der Waals surface area contributed by atoms with Crippen LogP contribution < -0.4 is 4.90 Å². The van der Waals surface area contributed by atoms with Crippen LogP contribution in [-0.2, 0) is 5.41 Å². The summed E-state index contributed by atoms with van der Waals surface area (Å²) in [5.74, 6) is 0. The van der Waals surface area contributed by atoms with Gasteiger partial charge in [-0.1, -0.05) is 166 Å². The minimum Gasteiger partial charge on any atom is -0.309 e. The average molecular weight is 614 g/mol. The molecule has 0 fully saturated rings. The molecule has 48 heavy (non-hydrogen) atoms. The molecule has 0 N–H and O–H groups in total. The molecule has 1 aliphatic rings. The molecule has 0 bridgehead atoms. The van der Waals surface area contributed by atoms with Crippen molar-refractivity contribution < 1.29 is 0 Å². The fourth-order valence-electron chi connectivity index (χ4n) is 7.94. The molecule has 1 aliphatic carbocycles. The molecular formula is C47H35N.